The Balaban J connectivity index is 0.000000720. The van der Waals surface area contributed by atoms with Gasteiger partial charge in [0.1, 0.15) is 5.75 Å². The SMILES string of the molecule is Oc1cccc2ccccc12.[B]. The second-order valence-corrected chi connectivity index (χ2v) is 2.50. The van der Waals surface area contributed by atoms with Gasteiger partial charge in [0.2, 0.25) is 0 Å². The average molecular weight is 155 g/mol. The maximum atomic E-state index is 9.37. The summed E-state index contributed by atoms with van der Waals surface area (Å²) < 4.78 is 0. The summed E-state index contributed by atoms with van der Waals surface area (Å²) in [7, 11) is 0. The van der Waals surface area contributed by atoms with Gasteiger partial charge in [-0.1, -0.05) is 36.4 Å². The normalized spacial score (nSPS) is 9.33. The van der Waals surface area contributed by atoms with Crippen molar-refractivity contribution in [1.82, 2.24) is 0 Å². The zero-order valence-electron chi connectivity index (χ0n) is 6.57. The number of rotatable bonds is 0. The van der Waals surface area contributed by atoms with E-state index in [-0.39, 0.29) is 8.41 Å². The molecule has 12 heavy (non-hydrogen) atoms. The van der Waals surface area contributed by atoms with Crippen LogP contribution in [0.5, 0.6) is 5.75 Å². The summed E-state index contributed by atoms with van der Waals surface area (Å²) in [4.78, 5) is 0. The van der Waals surface area contributed by atoms with Crippen molar-refractivity contribution in [2.45, 2.75) is 0 Å². The van der Waals surface area contributed by atoms with Crippen molar-refractivity contribution in [3.8, 4) is 5.75 Å². The first-order chi connectivity index (χ1) is 5.38. The summed E-state index contributed by atoms with van der Waals surface area (Å²) >= 11 is 0. The first-order valence-electron chi connectivity index (χ1n) is 3.54. The molecule has 0 aliphatic carbocycles. The third kappa shape index (κ3) is 1.28. The number of aromatic hydroxyl groups is 1. The maximum Gasteiger partial charge on any atom is 0.123 e. The molecule has 0 amide bonds. The lowest BCUT2D eigenvalue weighted by Gasteiger charge is -1.97. The molecule has 0 spiro atoms. The standard InChI is InChI=1S/C10H8O.B/c11-10-7-3-5-8-4-1-2-6-9(8)10;/h1-7,11H;. The maximum absolute atomic E-state index is 9.37. The molecule has 0 unspecified atom stereocenters. The minimum absolute atomic E-state index is 0. The third-order valence-corrected chi connectivity index (χ3v) is 1.77. The van der Waals surface area contributed by atoms with Crippen molar-refractivity contribution in [3.63, 3.8) is 0 Å². The first kappa shape index (κ1) is 8.66. The Bertz CT molecular complexity index is 379. The molecular formula is C10H8BO. The molecule has 2 aromatic carbocycles. The van der Waals surface area contributed by atoms with E-state index in [2.05, 4.69) is 0 Å². The van der Waals surface area contributed by atoms with Crippen molar-refractivity contribution in [1.29, 1.82) is 0 Å². The second-order valence-electron chi connectivity index (χ2n) is 2.50. The summed E-state index contributed by atoms with van der Waals surface area (Å²) in [6.45, 7) is 0. The van der Waals surface area contributed by atoms with E-state index >= 15 is 0 Å². The molecule has 2 rings (SSSR count). The van der Waals surface area contributed by atoms with Crippen LogP contribution in [0.25, 0.3) is 10.8 Å². The second kappa shape index (κ2) is 3.31. The highest BCUT2D eigenvalue weighted by Gasteiger charge is 1.94. The van der Waals surface area contributed by atoms with Crippen LogP contribution in [0.4, 0.5) is 0 Å². The number of hydrogen-bond donors (Lipinski definition) is 1. The molecule has 0 atom stereocenters. The highest BCUT2D eigenvalue weighted by Crippen LogP contribution is 2.22. The smallest absolute Gasteiger partial charge is 0.123 e. The fraction of sp³-hybridized carbons (Fsp3) is 0. The van der Waals surface area contributed by atoms with Gasteiger partial charge in [0, 0.05) is 13.8 Å². The minimum Gasteiger partial charge on any atom is -0.507 e. The Labute approximate surface area is 73.2 Å². The van der Waals surface area contributed by atoms with Gasteiger partial charge in [-0.25, -0.2) is 0 Å². The largest absolute Gasteiger partial charge is 0.507 e. The van der Waals surface area contributed by atoms with Gasteiger partial charge in [-0.3, -0.25) is 0 Å². The van der Waals surface area contributed by atoms with Crippen LogP contribution in [-0.4, -0.2) is 13.5 Å². The molecule has 0 saturated carbocycles. The number of hydrogen-bond acceptors (Lipinski definition) is 1. The first-order valence-corrected chi connectivity index (χ1v) is 3.54. The Morgan fingerprint density at radius 1 is 0.833 bits per heavy atom. The predicted octanol–water partition coefficient (Wildman–Crippen LogP) is 2.16. The third-order valence-electron chi connectivity index (χ3n) is 1.77. The van der Waals surface area contributed by atoms with Crippen LogP contribution in [0.3, 0.4) is 0 Å². The van der Waals surface area contributed by atoms with E-state index < -0.39 is 0 Å². The van der Waals surface area contributed by atoms with Crippen LogP contribution in [-0.2, 0) is 0 Å². The Kier molecular flexibility index (Phi) is 2.39. The van der Waals surface area contributed by atoms with Crippen molar-refractivity contribution in [2.24, 2.45) is 0 Å². The van der Waals surface area contributed by atoms with E-state index in [9.17, 15) is 5.11 Å². The lowest BCUT2D eigenvalue weighted by Crippen LogP contribution is -1.70. The monoisotopic (exact) mass is 155 g/mol. The molecular weight excluding hydrogens is 147 g/mol. The topological polar surface area (TPSA) is 20.2 Å². The molecule has 1 nitrogen and oxygen atoms in total. The fourth-order valence-electron chi connectivity index (χ4n) is 1.21. The van der Waals surface area contributed by atoms with Gasteiger partial charge in [-0.2, -0.15) is 0 Å². The van der Waals surface area contributed by atoms with Crippen molar-refractivity contribution in [2.75, 3.05) is 0 Å². The molecule has 2 heteroatoms. The fourth-order valence-corrected chi connectivity index (χ4v) is 1.21. The zero-order valence-corrected chi connectivity index (χ0v) is 6.57. The highest BCUT2D eigenvalue weighted by molar-refractivity contribution is 5.87. The number of fused-ring (bicyclic) bond motifs is 1. The summed E-state index contributed by atoms with van der Waals surface area (Å²) in [5.74, 6) is 0.350. The molecule has 0 fully saturated rings. The van der Waals surface area contributed by atoms with Gasteiger partial charge >= 0.3 is 0 Å². The van der Waals surface area contributed by atoms with E-state index in [0.29, 0.717) is 5.75 Å². The number of phenols is 1. The van der Waals surface area contributed by atoms with Crippen molar-refractivity contribution < 1.29 is 5.11 Å². The van der Waals surface area contributed by atoms with Crippen LogP contribution in [0.1, 0.15) is 0 Å². The molecule has 0 bridgehead atoms. The Morgan fingerprint density at radius 3 is 2.25 bits per heavy atom. The molecule has 3 radical (unpaired) electrons. The lowest BCUT2D eigenvalue weighted by atomic mass is 10.1. The van der Waals surface area contributed by atoms with E-state index in [4.69, 9.17) is 0 Å². The molecule has 0 aliphatic rings. The molecule has 0 saturated heterocycles. The Hall–Kier alpha value is -1.44. The highest BCUT2D eigenvalue weighted by atomic mass is 16.3. The van der Waals surface area contributed by atoms with E-state index in [1.54, 1.807) is 6.07 Å². The molecule has 0 heterocycles. The van der Waals surface area contributed by atoms with Crippen molar-refractivity contribution >= 4 is 19.2 Å². The number of benzene rings is 2. The van der Waals surface area contributed by atoms with Crippen LogP contribution in [0.15, 0.2) is 42.5 Å². The Morgan fingerprint density at radius 2 is 1.50 bits per heavy atom. The van der Waals surface area contributed by atoms with Gasteiger partial charge in [-0.05, 0) is 11.5 Å². The van der Waals surface area contributed by atoms with E-state index in [1.807, 2.05) is 36.4 Å². The van der Waals surface area contributed by atoms with Crippen LogP contribution in [0.2, 0.25) is 0 Å². The summed E-state index contributed by atoms with van der Waals surface area (Å²) in [5.41, 5.74) is 0. The van der Waals surface area contributed by atoms with Crippen LogP contribution >= 0.6 is 0 Å². The zero-order chi connectivity index (χ0) is 7.68. The van der Waals surface area contributed by atoms with Crippen LogP contribution in [0, 0.1) is 0 Å². The van der Waals surface area contributed by atoms with Gasteiger partial charge in [0.25, 0.3) is 0 Å². The number of phenolic OH excluding ortho intramolecular Hbond substituents is 1. The lowest BCUT2D eigenvalue weighted by molar-refractivity contribution is 0.481. The minimum atomic E-state index is 0. The molecule has 57 valence electrons. The van der Waals surface area contributed by atoms with Gasteiger partial charge in [0.15, 0.2) is 0 Å². The van der Waals surface area contributed by atoms with Gasteiger partial charge < -0.3 is 5.11 Å². The summed E-state index contributed by atoms with van der Waals surface area (Å²) in [6.07, 6.45) is 0. The quantitative estimate of drug-likeness (QED) is 0.578. The van der Waals surface area contributed by atoms with Crippen LogP contribution < -0.4 is 0 Å². The van der Waals surface area contributed by atoms with E-state index in [1.165, 1.54) is 0 Å². The molecule has 2 aromatic rings. The van der Waals surface area contributed by atoms with Gasteiger partial charge in [-0.15, -0.1) is 0 Å². The molecule has 0 aliphatic heterocycles. The van der Waals surface area contributed by atoms with Gasteiger partial charge in [0.05, 0.1) is 0 Å². The summed E-state index contributed by atoms with van der Waals surface area (Å²) in [5, 5.41) is 11.4. The van der Waals surface area contributed by atoms with Crippen molar-refractivity contribution in [3.05, 3.63) is 42.5 Å². The molecule has 0 aromatic heterocycles. The average Bonchev–Trinajstić information content (AvgIpc) is 2.06. The predicted molar refractivity (Wildman–Crippen MR) is 51.4 cm³/mol. The molecule has 1 N–H and O–H groups in total. The van der Waals surface area contributed by atoms with E-state index in [0.717, 1.165) is 10.8 Å². The summed E-state index contributed by atoms with van der Waals surface area (Å²) in [6, 6.07) is 13.3.